The van der Waals surface area contributed by atoms with Crippen LogP contribution in [0.2, 0.25) is 0 Å². The van der Waals surface area contributed by atoms with Gasteiger partial charge in [0.15, 0.2) is 11.5 Å². The van der Waals surface area contributed by atoms with Crippen molar-refractivity contribution in [1.29, 1.82) is 0 Å². The summed E-state index contributed by atoms with van der Waals surface area (Å²) in [5.41, 5.74) is 1.59. The van der Waals surface area contributed by atoms with Crippen LogP contribution in [0.15, 0.2) is 12.1 Å². The smallest absolute Gasteiger partial charge is 0.231 e. The fraction of sp³-hybridized carbons (Fsp3) is 0.538. The average molecular weight is 236 g/mol. The molecule has 1 aromatic carbocycles. The van der Waals surface area contributed by atoms with Crippen molar-refractivity contribution in [2.75, 3.05) is 13.9 Å². The van der Waals surface area contributed by atoms with Crippen LogP contribution in [0.4, 0.5) is 0 Å². The van der Waals surface area contributed by atoms with Crippen LogP contribution in [0.5, 0.6) is 11.5 Å². The second-order valence-electron chi connectivity index (χ2n) is 4.77. The molecule has 0 spiro atoms. The maximum atomic E-state index is 10.0. The van der Waals surface area contributed by atoms with E-state index in [1.807, 2.05) is 12.1 Å². The van der Waals surface area contributed by atoms with Gasteiger partial charge in [-0.2, -0.15) is 0 Å². The molecule has 0 saturated heterocycles. The zero-order valence-corrected chi connectivity index (χ0v) is 9.86. The van der Waals surface area contributed by atoms with Gasteiger partial charge in [0.2, 0.25) is 6.79 Å². The molecule has 1 fully saturated rings. The fourth-order valence-corrected chi connectivity index (χ4v) is 2.21. The molecular formula is C13H16O4. The Morgan fingerprint density at radius 2 is 2.18 bits per heavy atom. The lowest BCUT2D eigenvalue weighted by Crippen LogP contribution is -2.13. The van der Waals surface area contributed by atoms with Crippen LogP contribution in [0.3, 0.4) is 0 Å². The summed E-state index contributed by atoms with van der Waals surface area (Å²) in [6.45, 7) is 0.748. The van der Waals surface area contributed by atoms with Gasteiger partial charge in [0, 0.05) is 19.1 Å². The topological polar surface area (TPSA) is 47.9 Å². The maximum Gasteiger partial charge on any atom is 0.231 e. The molecular weight excluding hydrogens is 220 g/mol. The molecule has 1 heterocycles. The van der Waals surface area contributed by atoms with E-state index in [0.29, 0.717) is 13.0 Å². The van der Waals surface area contributed by atoms with Gasteiger partial charge in [-0.3, -0.25) is 0 Å². The van der Waals surface area contributed by atoms with Gasteiger partial charge in [-0.1, -0.05) is 6.07 Å². The molecule has 92 valence electrons. The van der Waals surface area contributed by atoms with E-state index in [1.54, 1.807) is 7.11 Å². The van der Waals surface area contributed by atoms with Crippen LogP contribution in [-0.4, -0.2) is 24.6 Å². The minimum atomic E-state index is -0.504. The predicted octanol–water partition coefficient (Wildman–Crippen LogP) is 1.63. The van der Waals surface area contributed by atoms with E-state index in [9.17, 15) is 5.11 Å². The van der Waals surface area contributed by atoms with Crippen LogP contribution in [0.1, 0.15) is 24.0 Å². The summed E-state index contributed by atoms with van der Waals surface area (Å²) in [4.78, 5) is 0. The highest BCUT2D eigenvalue weighted by atomic mass is 16.7. The minimum Gasteiger partial charge on any atom is -0.454 e. The van der Waals surface area contributed by atoms with Crippen molar-refractivity contribution in [2.45, 2.75) is 31.5 Å². The summed E-state index contributed by atoms with van der Waals surface area (Å²) in [6.07, 6.45) is 2.43. The summed E-state index contributed by atoms with van der Waals surface area (Å²) < 4.78 is 16.0. The van der Waals surface area contributed by atoms with Gasteiger partial charge in [-0.15, -0.1) is 0 Å². The predicted molar refractivity (Wildman–Crippen MR) is 61.2 cm³/mol. The summed E-state index contributed by atoms with van der Waals surface area (Å²) in [5, 5.41) is 10.0. The number of fused-ring (bicyclic) bond motifs is 1. The average Bonchev–Trinajstić information content (AvgIpc) is 2.86. The van der Waals surface area contributed by atoms with Gasteiger partial charge in [0.25, 0.3) is 0 Å². The molecule has 0 radical (unpaired) electrons. The molecule has 4 nitrogen and oxygen atoms in total. The second-order valence-corrected chi connectivity index (χ2v) is 4.77. The molecule has 1 aliphatic carbocycles. The largest absolute Gasteiger partial charge is 0.454 e. The first-order valence-corrected chi connectivity index (χ1v) is 5.83. The molecule has 0 amide bonds. The Balaban J connectivity index is 1.96. The van der Waals surface area contributed by atoms with Crippen molar-refractivity contribution in [3.05, 3.63) is 23.3 Å². The summed E-state index contributed by atoms with van der Waals surface area (Å²) in [6, 6.07) is 3.90. The van der Waals surface area contributed by atoms with Gasteiger partial charge in [-0.25, -0.2) is 0 Å². The second kappa shape index (κ2) is 3.89. The van der Waals surface area contributed by atoms with E-state index in [4.69, 9.17) is 14.2 Å². The number of hydrogen-bond acceptors (Lipinski definition) is 4. The Kier molecular flexibility index (Phi) is 2.49. The highest BCUT2D eigenvalue weighted by Gasteiger charge is 2.41. The molecule has 17 heavy (non-hydrogen) atoms. The van der Waals surface area contributed by atoms with E-state index < -0.39 is 5.60 Å². The van der Waals surface area contributed by atoms with E-state index in [1.165, 1.54) is 0 Å². The number of hydrogen-bond donors (Lipinski definition) is 1. The highest BCUT2D eigenvalue weighted by molar-refractivity contribution is 5.52. The number of ether oxygens (including phenoxy) is 3. The first-order chi connectivity index (χ1) is 8.22. The molecule has 0 atom stereocenters. The maximum absolute atomic E-state index is 10.0. The van der Waals surface area contributed by atoms with Gasteiger partial charge < -0.3 is 19.3 Å². The SMILES string of the molecule is COCc1c(CC2(O)CC2)ccc2c1OCO2. The zero-order chi connectivity index (χ0) is 11.9. The normalized spacial score (nSPS) is 19.4. The first-order valence-electron chi connectivity index (χ1n) is 5.83. The minimum absolute atomic E-state index is 0.264. The van der Waals surface area contributed by atoms with Gasteiger partial charge in [0.1, 0.15) is 0 Å². The van der Waals surface area contributed by atoms with Gasteiger partial charge in [0.05, 0.1) is 12.2 Å². The fourth-order valence-electron chi connectivity index (χ4n) is 2.21. The van der Waals surface area contributed by atoms with Crippen molar-refractivity contribution >= 4 is 0 Å². The van der Waals surface area contributed by atoms with Crippen LogP contribution in [0.25, 0.3) is 0 Å². The standard InChI is InChI=1S/C13H16O4/c1-15-7-10-9(6-13(14)4-5-13)2-3-11-12(10)17-8-16-11/h2-3,14H,4-8H2,1H3. The molecule has 0 aromatic heterocycles. The van der Waals surface area contributed by atoms with Crippen molar-refractivity contribution in [3.63, 3.8) is 0 Å². The summed E-state index contributed by atoms with van der Waals surface area (Å²) in [5.74, 6) is 1.54. The molecule has 1 saturated carbocycles. The van der Waals surface area contributed by atoms with Crippen molar-refractivity contribution in [2.24, 2.45) is 0 Å². The van der Waals surface area contributed by atoms with E-state index in [-0.39, 0.29) is 6.79 Å². The van der Waals surface area contributed by atoms with E-state index in [2.05, 4.69) is 0 Å². The lowest BCUT2D eigenvalue weighted by molar-refractivity contribution is 0.146. The number of methoxy groups -OCH3 is 1. The van der Waals surface area contributed by atoms with Crippen molar-refractivity contribution in [1.82, 2.24) is 0 Å². The molecule has 2 aliphatic rings. The molecule has 4 heteroatoms. The third-order valence-corrected chi connectivity index (χ3v) is 3.37. The van der Waals surface area contributed by atoms with Crippen LogP contribution in [0, 0.1) is 0 Å². The summed E-state index contributed by atoms with van der Waals surface area (Å²) >= 11 is 0. The molecule has 1 N–H and O–H groups in total. The lowest BCUT2D eigenvalue weighted by atomic mass is 9.99. The molecule has 0 bridgehead atoms. The Morgan fingerprint density at radius 3 is 2.88 bits per heavy atom. The Morgan fingerprint density at radius 1 is 1.35 bits per heavy atom. The number of benzene rings is 1. The van der Waals surface area contributed by atoms with Crippen LogP contribution < -0.4 is 9.47 Å². The molecule has 3 rings (SSSR count). The number of rotatable bonds is 4. The Bertz CT molecular complexity index is 437. The summed E-state index contributed by atoms with van der Waals surface area (Å²) in [7, 11) is 1.66. The highest BCUT2D eigenvalue weighted by Crippen LogP contribution is 2.43. The molecule has 0 unspecified atom stereocenters. The van der Waals surface area contributed by atoms with Crippen molar-refractivity contribution in [3.8, 4) is 11.5 Å². The van der Waals surface area contributed by atoms with Gasteiger partial charge >= 0.3 is 0 Å². The lowest BCUT2D eigenvalue weighted by Gasteiger charge is -2.14. The van der Waals surface area contributed by atoms with Gasteiger partial charge in [-0.05, 0) is 24.5 Å². The third-order valence-electron chi connectivity index (χ3n) is 3.37. The molecule has 1 aromatic rings. The van der Waals surface area contributed by atoms with Crippen LogP contribution in [-0.2, 0) is 17.8 Å². The Hall–Kier alpha value is -1.26. The van der Waals surface area contributed by atoms with E-state index >= 15 is 0 Å². The van der Waals surface area contributed by atoms with Crippen molar-refractivity contribution < 1.29 is 19.3 Å². The monoisotopic (exact) mass is 236 g/mol. The van der Waals surface area contributed by atoms with E-state index in [0.717, 1.165) is 35.5 Å². The molecule has 1 aliphatic heterocycles. The van der Waals surface area contributed by atoms with Crippen LogP contribution >= 0.6 is 0 Å². The zero-order valence-electron chi connectivity index (χ0n) is 9.86. The Labute approximate surface area is 100 Å². The first kappa shape index (κ1) is 10.9. The number of aliphatic hydroxyl groups is 1. The third kappa shape index (κ3) is 1.98. The quantitative estimate of drug-likeness (QED) is 0.863.